The Morgan fingerprint density at radius 2 is 2.00 bits per heavy atom. The van der Waals surface area contributed by atoms with Crippen molar-refractivity contribution in [1.82, 2.24) is 5.32 Å². The molecule has 0 saturated carbocycles. The second-order valence-electron chi connectivity index (χ2n) is 5.28. The van der Waals surface area contributed by atoms with Crippen LogP contribution < -0.4 is 5.32 Å². The summed E-state index contributed by atoms with van der Waals surface area (Å²) in [6.45, 7) is 5.20. The van der Waals surface area contributed by atoms with E-state index >= 15 is 0 Å². The maximum Gasteiger partial charge on any atom is 0.0469 e. The molecule has 1 aliphatic heterocycles. The van der Waals surface area contributed by atoms with Crippen molar-refractivity contribution in [2.45, 2.75) is 37.1 Å². The molecular weight excluding hydrogens is 334 g/mol. The Labute approximate surface area is 135 Å². The highest BCUT2D eigenvalue weighted by atomic mass is 79.9. The predicted octanol–water partition coefficient (Wildman–Crippen LogP) is 4.34. The van der Waals surface area contributed by atoms with Crippen LogP contribution in [0.1, 0.15) is 26.2 Å². The fourth-order valence-electron chi connectivity index (χ4n) is 2.53. The van der Waals surface area contributed by atoms with Gasteiger partial charge in [0.1, 0.15) is 0 Å². The van der Waals surface area contributed by atoms with E-state index in [0.29, 0.717) is 6.04 Å². The molecule has 1 aromatic rings. The Morgan fingerprint density at radius 1 is 1.30 bits per heavy atom. The van der Waals surface area contributed by atoms with Crippen LogP contribution in [0.5, 0.6) is 0 Å². The van der Waals surface area contributed by atoms with Crippen LogP contribution in [0.4, 0.5) is 0 Å². The molecule has 1 fully saturated rings. The first kappa shape index (κ1) is 16.3. The number of halogens is 1. The molecule has 1 aliphatic rings. The highest BCUT2D eigenvalue weighted by molar-refractivity contribution is 9.10. The van der Waals surface area contributed by atoms with Crippen molar-refractivity contribution in [3.05, 3.63) is 28.7 Å². The summed E-state index contributed by atoms with van der Waals surface area (Å²) in [4.78, 5) is 1.35. The summed E-state index contributed by atoms with van der Waals surface area (Å²) in [5, 5.41) is 3.74. The summed E-state index contributed by atoms with van der Waals surface area (Å²) >= 11 is 5.44. The van der Waals surface area contributed by atoms with Gasteiger partial charge in [0.15, 0.2) is 0 Å². The van der Waals surface area contributed by atoms with Gasteiger partial charge in [-0.05, 0) is 56.0 Å². The second-order valence-corrected chi connectivity index (χ2v) is 7.28. The van der Waals surface area contributed by atoms with E-state index in [-0.39, 0.29) is 0 Å². The third-order valence-electron chi connectivity index (χ3n) is 3.73. The Morgan fingerprint density at radius 3 is 2.65 bits per heavy atom. The van der Waals surface area contributed by atoms with Crippen LogP contribution >= 0.6 is 27.7 Å². The molecule has 0 radical (unpaired) electrons. The molecule has 20 heavy (non-hydrogen) atoms. The molecule has 1 atom stereocenters. The predicted molar refractivity (Wildman–Crippen MR) is 90.5 cm³/mol. The van der Waals surface area contributed by atoms with Gasteiger partial charge in [0.05, 0.1) is 0 Å². The number of hydrogen-bond donors (Lipinski definition) is 1. The molecule has 0 spiro atoms. The van der Waals surface area contributed by atoms with Crippen molar-refractivity contribution in [2.24, 2.45) is 5.92 Å². The van der Waals surface area contributed by atoms with Gasteiger partial charge in [0.25, 0.3) is 0 Å². The lowest BCUT2D eigenvalue weighted by Gasteiger charge is -2.31. The molecule has 1 saturated heterocycles. The molecule has 2 nitrogen and oxygen atoms in total. The average Bonchev–Trinajstić information content (AvgIpc) is 2.50. The molecule has 4 heteroatoms. The standard InChI is InChI=1S/C16H24BrNOS/c1-2-9-18-16(13-7-10-19-11-8-13)12-20-15-5-3-14(17)4-6-15/h3-6,13,16,18H,2,7-12H2,1H3. The van der Waals surface area contributed by atoms with Gasteiger partial charge in [-0.1, -0.05) is 22.9 Å². The lowest BCUT2D eigenvalue weighted by atomic mass is 9.93. The van der Waals surface area contributed by atoms with Gasteiger partial charge < -0.3 is 10.1 Å². The number of benzene rings is 1. The van der Waals surface area contributed by atoms with Crippen molar-refractivity contribution >= 4 is 27.7 Å². The quantitative estimate of drug-likeness (QED) is 0.733. The minimum Gasteiger partial charge on any atom is -0.381 e. The van der Waals surface area contributed by atoms with Crippen molar-refractivity contribution in [3.8, 4) is 0 Å². The van der Waals surface area contributed by atoms with Crippen LogP contribution in [0, 0.1) is 5.92 Å². The smallest absolute Gasteiger partial charge is 0.0469 e. The van der Waals surface area contributed by atoms with E-state index in [4.69, 9.17) is 4.74 Å². The number of nitrogens with one attached hydrogen (secondary N) is 1. The van der Waals surface area contributed by atoms with Crippen LogP contribution in [-0.2, 0) is 4.74 Å². The SMILES string of the molecule is CCCNC(CSc1ccc(Br)cc1)C1CCOCC1. The summed E-state index contributed by atoms with van der Waals surface area (Å²) in [5.74, 6) is 1.91. The summed E-state index contributed by atoms with van der Waals surface area (Å²) < 4.78 is 6.64. The van der Waals surface area contributed by atoms with Crippen molar-refractivity contribution in [2.75, 3.05) is 25.5 Å². The van der Waals surface area contributed by atoms with Gasteiger partial charge in [-0.3, -0.25) is 0 Å². The van der Waals surface area contributed by atoms with E-state index in [9.17, 15) is 0 Å². The molecule has 1 heterocycles. The minimum absolute atomic E-state index is 0.604. The Balaban J connectivity index is 1.87. The lowest BCUT2D eigenvalue weighted by molar-refractivity contribution is 0.0566. The summed E-state index contributed by atoms with van der Waals surface area (Å²) in [7, 11) is 0. The largest absolute Gasteiger partial charge is 0.381 e. The zero-order chi connectivity index (χ0) is 14.2. The Hall–Kier alpha value is -0.0300. The van der Waals surface area contributed by atoms with E-state index in [1.807, 2.05) is 11.8 Å². The first-order chi connectivity index (χ1) is 9.79. The summed E-state index contributed by atoms with van der Waals surface area (Å²) in [5.41, 5.74) is 0. The maximum atomic E-state index is 5.49. The number of hydrogen-bond acceptors (Lipinski definition) is 3. The Kier molecular flexibility index (Phi) is 7.42. The van der Waals surface area contributed by atoms with Crippen LogP contribution in [-0.4, -0.2) is 31.6 Å². The molecule has 0 amide bonds. The third-order valence-corrected chi connectivity index (χ3v) is 5.39. The van der Waals surface area contributed by atoms with Crippen LogP contribution in [0.25, 0.3) is 0 Å². The lowest BCUT2D eigenvalue weighted by Crippen LogP contribution is -2.41. The number of ether oxygens (including phenoxy) is 1. The fraction of sp³-hybridized carbons (Fsp3) is 0.625. The van der Waals surface area contributed by atoms with Crippen LogP contribution in [0.3, 0.4) is 0 Å². The van der Waals surface area contributed by atoms with E-state index in [1.54, 1.807) is 0 Å². The molecule has 1 aromatic carbocycles. The minimum atomic E-state index is 0.604. The zero-order valence-corrected chi connectivity index (χ0v) is 14.5. The van der Waals surface area contributed by atoms with Crippen molar-refractivity contribution in [3.63, 3.8) is 0 Å². The maximum absolute atomic E-state index is 5.49. The van der Waals surface area contributed by atoms with Gasteiger partial charge in [0, 0.05) is 34.4 Å². The second kappa shape index (κ2) is 9.08. The average molecular weight is 358 g/mol. The van der Waals surface area contributed by atoms with Gasteiger partial charge in [0.2, 0.25) is 0 Å². The van der Waals surface area contributed by atoms with Crippen molar-refractivity contribution in [1.29, 1.82) is 0 Å². The first-order valence-corrected chi connectivity index (χ1v) is 9.27. The van der Waals surface area contributed by atoms with Gasteiger partial charge in [-0.25, -0.2) is 0 Å². The van der Waals surface area contributed by atoms with Gasteiger partial charge >= 0.3 is 0 Å². The van der Waals surface area contributed by atoms with E-state index in [2.05, 4.69) is 52.4 Å². The van der Waals surface area contributed by atoms with Crippen molar-refractivity contribution < 1.29 is 4.74 Å². The van der Waals surface area contributed by atoms with Crippen LogP contribution in [0.15, 0.2) is 33.6 Å². The first-order valence-electron chi connectivity index (χ1n) is 7.49. The number of thioether (sulfide) groups is 1. The van der Waals surface area contributed by atoms with Gasteiger partial charge in [-0.2, -0.15) is 0 Å². The highest BCUT2D eigenvalue weighted by Gasteiger charge is 2.23. The van der Waals surface area contributed by atoms with E-state index < -0.39 is 0 Å². The van der Waals surface area contributed by atoms with Crippen LogP contribution in [0.2, 0.25) is 0 Å². The molecular formula is C16H24BrNOS. The normalized spacial score (nSPS) is 18.1. The molecule has 0 aliphatic carbocycles. The zero-order valence-electron chi connectivity index (χ0n) is 12.1. The van der Waals surface area contributed by atoms with Gasteiger partial charge in [-0.15, -0.1) is 11.8 Å². The summed E-state index contributed by atoms with van der Waals surface area (Å²) in [6.07, 6.45) is 3.59. The monoisotopic (exact) mass is 357 g/mol. The molecule has 0 bridgehead atoms. The molecule has 1 N–H and O–H groups in total. The highest BCUT2D eigenvalue weighted by Crippen LogP contribution is 2.26. The van der Waals surface area contributed by atoms with E-state index in [0.717, 1.165) is 35.9 Å². The Bertz CT molecular complexity index is 379. The molecule has 1 unspecified atom stereocenters. The fourth-order valence-corrected chi connectivity index (χ4v) is 3.88. The van der Waals surface area contributed by atoms with E-state index in [1.165, 1.54) is 24.2 Å². The number of rotatable bonds is 7. The third kappa shape index (κ3) is 5.40. The molecule has 0 aromatic heterocycles. The molecule has 112 valence electrons. The molecule has 2 rings (SSSR count). The summed E-state index contributed by atoms with van der Waals surface area (Å²) in [6, 6.07) is 9.22. The topological polar surface area (TPSA) is 21.3 Å².